The average Bonchev–Trinajstić information content (AvgIpc) is 2.41. The number of nitriles is 1. The van der Waals surface area contributed by atoms with Gasteiger partial charge >= 0.3 is 0 Å². The molecule has 5 nitrogen and oxygen atoms in total. The van der Waals surface area contributed by atoms with Crippen molar-refractivity contribution < 1.29 is 4.74 Å². The molecule has 0 spiro atoms. The van der Waals surface area contributed by atoms with Crippen molar-refractivity contribution in [3.05, 3.63) is 40.3 Å². The lowest BCUT2D eigenvalue weighted by atomic mass is 10.2. The van der Waals surface area contributed by atoms with E-state index in [1.165, 1.54) is 13.4 Å². The largest absolute Gasteiger partial charge is 0.490 e. The molecule has 0 radical (unpaired) electrons. The number of hydrogen-bond acceptors (Lipinski definition) is 5. The predicted molar refractivity (Wildman–Crippen MR) is 73.0 cm³/mol. The summed E-state index contributed by atoms with van der Waals surface area (Å²) >= 11 is 11.9. The first-order valence-electron chi connectivity index (χ1n) is 5.17. The number of nitrogens with one attached hydrogen (secondary N) is 1. The van der Waals surface area contributed by atoms with Crippen LogP contribution in [0, 0.1) is 11.3 Å². The first-order valence-corrected chi connectivity index (χ1v) is 5.92. The molecule has 2 rings (SSSR count). The Morgan fingerprint density at radius 1 is 1.32 bits per heavy atom. The van der Waals surface area contributed by atoms with Gasteiger partial charge in [-0.15, -0.1) is 0 Å². The summed E-state index contributed by atoms with van der Waals surface area (Å²) in [6.07, 6.45) is 1.30. The van der Waals surface area contributed by atoms with Gasteiger partial charge in [-0.1, -0.05) is 23.2 Å². The van der Waals surface area contributed by atoms with Gasteiger partial charge in [0.05, 0.1) is 29.5 Å². The van der Waals surface area contributed by atoms with Gasteiger partial charge in [0.1, 0.15) is 6.33 Å². The quantitative estimate of drug-likeness (QED) is 0.879. The maximum atomic E-state index is 8.87. The van der Waals surface area contributed by atoms with Crippen LogP contribution < -0.4 is 10.1 Å². The van der Waals surface area contributed by atoms with Crippen LogP contribution in [0.4, 0.5) is 11.5 Å². The fraction of sp³-hybridized carbons (Fsp3) is 0.0833. The number of ether oxygens (including phenoxy) is 1. The predicted octanol–water partition coefficient (Wildman–Crippen LogP) is 3.41. The number of rotatable bonds is 3. The van der Waals surface area contributed by atoms with Crippen molar-refractivity contribution in [1.29, 1.82) is 5.26 Å². The van der Waals surface area contributed by atoms with Gasteiger partial charge in [-0.2, -0.15) is 5.26 Å². The molecule has 1 N–H and O–H groups in total. The fourth-order valence-electron chi connectivity index (χ4n) is 1.44. The highest BCUT2D eigenvalue weighted by Crippen LogP contribution is 2.33. The molecule has 0 bridgehead atoms. The van der Waals surface area contributed by atoms with Gasteiger partial charge in [0, 0.05) is 0 Å². The second-order valence-electron chi connectivity index (χ2n) is 3.48. The molecule has 0 unspecified atom stereocenters. The van der Waals surface area contributed by atoms with Crippen LogP contribution in [0.3, 0.4) is 0 Å². The standard InChI is InChI=1S/C12H8Cl2N4O/c1-19-10-11(14)16-6-17-12(10)18-9-4-7(5-15)2-3-8(9)13/h2-4,6H,1H3,(H,16,17,18). The number of anilines is 2. The van der Waals surface area contributed by atoms with Gasteiger partial charge in [-0.25, -0.2) is 9.97 Å². The topological polar surface area (TPSA) is 70.8 Å². The average molecular weight is 295 g/mol. The van der Waals surface area contributed by atoms with Crippen molar-refractivity contribution in [3.8, 4) is 11.8 Å². The lowest BCUT2D eigenvalue weighted by Gasteiger charge is -2.11. The zero-order chi connectivity index (χ0) is 13.8. The third-order valence-corrected chi connectivity index (χ3v) is 2.91. The summed E-state index contributed by atoms with van der Waals surface area (Å²) in [5.74, 6) is 0.682. The molecular formula is C12H8Cl2N4O. The Morgan fingerprint density at radius 3 is 2.79 bits per heavy atom. The summed E-state index contributed by atoms with van der Waals surface area (Å²) in [7, 11) is 1.46. The van der Waals surface area contributed by atoms with Crippen molar-refractivity contribution in [2.24, 2.45) is 0 Å². The number of nitrogens with zero attached hydrogens (tertiary/aromatic N) is 3. The van der Waals surface area contributed by atoms with Gasteiger partial charge in [0.15, 0.2) is 16.7 Å². The highest BCUT2D eigenvalue weighted by Gasteiger charge is 2.12. The zero-order valence-electron chi connectivity index (χ0n) is 9.82. The molecule has 0 amide bonds. The van der Waals surface area contributed by atoms with E-state index in [1.54, 1.807) is 18.2 Å². The molecule has 1 aromatic carbocycles. The Labute approximate surface area is 119 Å². The van der Waals surface area contributed by atoms with E-state index in [-0.39, 0.29) is 5.15 Å². The first-order chi connectivity index (χ1) is 9.15. The van der Waals surface area contributed by atoms with E-state index in [0.717, 1.165) is 0 Å². The summed E-state index contributed by atoms with van der Waals surface area (Å²) in [6.45, 7) is 0. The van der Waals surface area contributed by atoms with Gasteiger partial charge in [-0.05, 0) is 18.2 Å². The summed E-state index contributed by atoms with van der Waals surface area (Å²) < 4.78 is 5.12. The highest BCUT2D eigenvalue weighted by molar-refractivity contribution is 6.33. The van der Waals surface area contributed by atoms with E-state index in [1.807, 2.05) is 6.07 Å². The Balaban J connectivity index is 2.42. The minimum absolute atomic E-state index is 0.188. The third kappa shape index (κ3) is 2.87. The van der Waals surface area contributed by atoms with Crippen molar-refractivity contribution in [2.45, 2.75) is 0 Å². The van der Waals surface area contributed by atoms with Crippen LogP contribution in [-0.4, -0.2) is 17.1 Å². The Morgan fingerprint density at radius 2 is 2.11 bits per heavy atom. The Hall–Kier alpha value is -2.03. The van der Waals surface area contributed by atoms with Crippen molar-refractivity contribution in [1.82, 2.24) is 9.97 Å². The van der Waals surface area contributed by atoms with Crippen molar-refractivity contribution in [3.63, 3.8) is 0 Å². The van der Waals surface area contributed by atoms with Gasteiger partial charge < -0.3 is 10.1 Å². The molecule has 1 aromatic heterocycles. The van der Waals surface area contributed by atoms with Crippen LogP contribution >= 0.6 is 23.2 Å². The second-order valence-corrected chi connectivity index (χ2v) is 4.24. The first kappa shape index (κ1) is 13.4. The molecule has 2 aromatic rings. The number of benzene rings is 1. The smallest absolute Gasteiger partial charge is 0.199 e. The molecule has 0 fully saturated rings. The van der Waals surface area contributed by atoms with Crippen molar-refractivity contribution in [2.75, 3.05) is 12.4 Å². The molecule has 0 aliphatic carbocycles. The van der Waals surface area contributed by atoms with E-state index >= 15 is 0 Å². The van der Waals surface area contributed by atoms with Crippen LogP contribution in [0.1, 0.15) is 5.56 Å². The van der Waals surface area contributed by atoms with Crippen LogP contribution in [0.2, 0.25) is 10.2 Å². The van der Waals surface area contributed by atoms with Crippen LogP contribution in [0.15, 0.2) is 24.5 Å². The Kier molecular flexibility index (Phi) is 4.05. The molecular weight excluding hydrogens is 287 g/mol. The molecule has 0 atom stereocenters. The zero-order valence-corrected chi connectivity index (χ0v) is 11.3. The maximum Gasteiger partial charge on any atom is 0.199 e. The molecule has 19 heavy (non-hydrogen) atoms. The monoisotopic (exact) mass is 294 g/mol. The summed E-state index contributed by atoms with van der Waals surface area (Å²) in [4.78, 5) is 7.84. The number of halogens is 2. The summed E-state index contributed by atoms with van der Waals surface area (Å²) in [6, 6.07) is 6.89. The second kappa shape index (κ2) is 5.74. The number of methoxy groups -OCH3 is 1. The van der Waals surface area contributed by atoms with Gasteiger partial charge in [0.25, 0.3) is 0 Å². The lowest BCUT2D eigenvalue weighted by Crippen LogP contribution is -2.00. The number of aromatic nitrogens is 2. The SMILES string of the molecule is COc1c(Cl)ncnc1Nc1cc(C#N)ccc1Cl. The molecule has 0 saturated carbocycles. The van der Waals surface area contributed by atoms with Crippen LogP contribution in [0.25, 0.3) is 0 Å². The Bertz CT molecular complexity index is 655. The molecule has 0 saturated heterocycles. The summed E-state index contributed by atoms with van der Waals surface area (Å²) in [5, 5.41) is 12.5. The lowest BCUT2D eigenvalue weighted by molar-refractivity contribution is 0.413. The van der Waals surface area contributed by atoms with Crippen molar-refractivity contribution >= 4 is 34.7 Å². The highest BCUT2D eigenvalue weighted by atomic mass is 35.5. The molecule has 0 aliphatic rings. The molecule has 0 aliphatic heterocycles. The number of hydrogen-bond donors (Lipinski definition) is 1. The van der Waals surface area contributed by atoms with Gasteiger partial charge in [-0.3, -0.25) is 0 Å². The van der Waals surface area contributed by atoms with Crippen LogP contribution in [-0.2, 0) is 0 Å². The van der Waals surface area contributed by atoms with Gasteiger partial charge in [0.2, 0.25) is 0 Å². The van der Waals surface area contributed by atoms with E-state index in [9.17, 15) is 0 Å². The summed E-state index contributed by atoms with van der Waals surface area (Å²) in [5.41, 5.74) is 1.01. The normalized spacial score (nSPS) is 9.79. The van der Waals surface area contributed by atoms with E-state index in [2.05, 4.69) is 15.3 Å². The van der Waals surface area contributed by atoms with Crippen LogP contribution in [0.5, 0.6) is 5.75 Å². The fourth-order valence-corrected chi connectivity index (χ4v) is 1.82. The minimum Gasteiger partial charge on any atom is -0.490 e. The maximum absolute atomic E-state index is 8.87. The molecule has 96 valence electrons. The van der Waals surface area contributed by atoms with E-state index in [0.29, 0.717) is 27.8 Å². The van der Waals surface area contributed by atoms with E-state index < -0.39 is 0 Å². The third-order valence-electron chi connectivity index (χ3n) is 2.31. The minimum atomic E-state index is 0.188. The van der Waals surface area contributed by atoms with E-state index in [4.69, 9.17) is 33.2 Å². The molecule has 7 heteroatoms. The molecule has 1 heterocycles.